The van der Waals surface area contributed by atoms with Crippen LogP contribution in [0.2, 0.25) is 0 Å². The molecular weight excluding hydrogens is 216 g/mol. The molecular formula is C13H16N2O2. The third-order valence-electron chi connectivity index (χ3n) is 2.26. The first-order valence-corrected chi connectivity index (χ1v) is 5.26. The molecule has 0 saturated heterocycles. The number of carbonyl (C=O) groups excluding carboxylic acids is 2. The Bertz CT molecular complexity index is 433. The molecule has 0 bridgehead atoms. The standard InChI is InChI=1S/C13H16N2O2/c1-14-13(17)11-7-4-10(5-8-11)6-9-12(16)15(2)3/h4-9H,1-3H3,(H,14,17)/b9-6+. The van der Waals surface area contributed by atoms with E-state index in [4.69, 9.17) is 0 Å². The Kier molecular flexibility index (Phi) is 4.46. The van der Waals surface area contributed by atoms with Gasteiger partial charge in [-0.3, -0.25) is 9.59 Å². The zero-order valence-corrected chi connectivity index (χ0v) is 10.2. The molecule has 0 aliphatic rings. The van der Waals surface area contributed by atoms with Crippen molar-refractivity contribution in [3.8, 4) is 0 Å². The molecule has 4 heteroatoms. The molecule has 0 aromatic heterocycles. The van der Waals surface area contributed by atoms with Gasteiger partial charge in [0, 0.05) is 32.8 Å². The van der Waals surface area contributed by atoms with Crippen molar-refractivity contribution < 1.29 is 9.59 Å². The first-order chi connectivity index (χ1) is 8.04. The molecule has 90 valence electrons. The predicted octanol–water partition coefficient (Wildman–Crippen LogP) is 1.15. The van der Waals surface area contributed by atoms with Crippen molar-refractivity contribution in [2.75, 3.05) is 21.1 Å². The number of nitrogens with one attached hydrogen (secondary N) is 1. The summed E-state index contributed by atoms with van der Waals surface area (Å²) in [6, 6.07) is 7.03. The van der Waals surface area contributed by atoms with Gasteiger partial charge in [0.25, 0.3) is 5.91 Å². The van der Waals surface area contributed by atoms with E-state index in [0.29, 0.717) is 5.56 Å². The molecule has 0 atom stereocenters. The van der Waals surface area contributed by atoms with Crippen LogP contribution in [0.4, 0.5) is 0 Å². The highest BCUT2D eigenvalue weighted by molar-refractivity contribution is 5.94. The molecule has 4 nitrogen and oxygen atoms in total. The van der Waals surface area contributed by atoms with Gasteiger partial charge in [-0.25, -0.2) is 0 Å². The Labute approximate surface area is 101 Å². The number of hydrogen-bond donors (Lipinski definition) is 1. The summed E-state index contributed by atoms with van der Waals surface area (Å²) in [7, 11) is 4.98. The second-order valence-electron chi connectivity index (χ2n) is 3.77. The Hall–Kier alpha value is -2.10. The van der Waals surface area contributed by atoms with Crippen LogP contribution in [0.25, 0.3) is 6.08 Å². The van der Waals surface area contributed by atoms with Crippen LogP contribution in [0, 0.1) is 0 Å². The van der Waals surface area contributed by atoms with E-state index in [1.807, 2.05) is 0 Å². The van der Waals surface area contributed by atoms with Crippen molar-refractivity contribution in [3.63, 3.8) is 0 Å². The first-order valence-electron chi connectivity index (χ1n) is 5.26. The van der Waals surface area contributed by atoms with E-state index >= 15 is 0 Å². The average molecular weight is 232 g/mol. The lowest BCUT2D eigenvalue weighted by atomic mass is 10.1. The Balaban J connectivity index is 2.75. The largest absolute Gasteiger partial charge is 0.355 e. The van der Waals surface area contributed by atoms with Crippen molar-refractivity contribution in [3.05, 3.63) is 41.5 Å². The Morgan fingerprint density at radius 3 is 2.24 bits per heavy atom. The molecule has 1 aromatic rings. The minimum absolute atomic E-state index is 0.0691. The first kappa shape index (κ1) is 13.0. The van der Waals surface area contributed by atoms with Gasteiger partial charge in [0.05, 0.1) is 0 Å². The zero-order chi connectivity index (χ0) is 12.8. The molecule has 0 heterocycles. The van der Waals surface area contributed by atoms with E-state index < -0.39 is 0 Å². The molecule has 17 heavy (non-hydrogen) atoms. The second-order valence-corrected chi connectivity index (χ2v) is 3.77. The highest BCUT2D eigenvalue weighted by Crippen LogP contribution is 2.06. The number of amides is 2. The van der Waals surface area contributed by atoms with Crippen molar-refractivity contribution in [1.82, 2.24) is 10.2 Å². The number of likely N-dealkylation sites (N-methyl/N-ethyl adjacent to an activating group) is 1. The Morgan fingerprint density at radius 1 is 1.18 bits per heavy atom. The maximum Gasteiger partial charge on any atom is 0.251 e. The lowest BCUT2D eigenvalue weighted by molar-refractivity contribution is -0.123. The van der Waals surface area contributed by atoms with Crippen LogP contribution in [0.15, 0.2) is 30.3 Å². The number of hydrogen-bond acceptors (Lipinski definition) is 2. The minimum atomic E-state index is -0.120. The number of nitrogens with zero attached hydrogens (tertiary/aromatic N) is 1. The Morgan fingerprint density at radius 2 is 1.76 bits per heavy atom. The average Bonchev–Trinajstić information content (AvgIpc) is 2.35. The fourth-order valence-electron chi connectivity index (χ4n) is 1.21. The summed E-state index contributed by atoms with van der Waals surface area (Å²) in [6.07, 6.45) is 3.21. The molecule has 1 aromatic carbocycles. The summed E-state index contributed by atoms with van der Waals surface area (Å²) in [5.41, 5.74) is 1.48. The molecule has 1 N–H and O–H groups in total. The lowest BCUT2D eigenvalue weighted by Crippen LogP contribution is -2.18. The van der Waals surface area contributed by atoms with Crippen LogP contribution >= 0.6 is 0 Å². The van der Waals surface area contributed by atoms with E-state index in [-0.39, 0.29) is 11.8 Å². The van der Waals surface area contributed by atoms with Crippen LogP contribution < -0.4 is 5.32 Å². The molecule has 0 aliphatic heterocycles. The van der Waals surface area contributed by atoms with Crippen LogP contribution in [-0.2, 0) is 4.79 Å². The lowest BCUT2D eigenvalue weighted by Gasteiger charge is -2.05. The quantitative estimate of drug-likeness (QED) is 0.795. The normalized spacial score (nSPS) is 10.3. The zero-order valence-electron chi connectivity index (χ0n) is 10.2. The second kappa shape index (κ2) is 5.84. The van der Waals surface area contributed by atoms with Gasteiger partial charge in [0.2, 0.25) is 5.91 Å². The van der Waals surface area contributed by atoms with Crippen LogP contribution in [0.1, 0.15) is 15.9 Å². The van der Waals surface area contributed by atoms with Gasteiger partial charge < -0.3 is 10.2 Å². The van der Waals surface area contributed by atoms with Gasteiger partial charge in [-0.15, -0.1) is 0 Å². The number of carbonyl (C=O) groups is 2. The highest BCUT2D eigenvalue weighted by atomic mass is 16.2. The smallest absolute Gasteiger partial charge is 0.251 e. The van der Waals surface area contributed by atoms with Gasteiger partial charge >= 0.3 is 0 Å². The predicted molar refractivity (Wildman–Crippen MR) is 67.6 cm³/mol. The molecule has 0 unspecified atom stereocenters. The van der Waals surface area contributed by atoms with Crippen molar-refractivity contribution in [2.45, 2.75) is 0 Å². The fraction of sp³-hybridized carbons (Fsp3) is 0.231. The molecule has 0 aliphatic carbocycles. The van der Waals surface area contributed by atoms with E-state index in [1.165, 1.54) is 11.0 Å². The highest BCUT2D eigenvalue weighted by Gasteiger charge is 2.01. The van der Waals surface area contributed by atoms with E-state index in [0.717, 1.165) is 5.56 Å². The summed E-state index contributed by atoms with van der Waals surface area (Å²) in [6.45, 7) is 0. The summed E-state index contributed by atoms with van der Waals surface area (Å²) in [5, 5.41) is 2.55. The SMILES string of the molecule is CNC(=O)c1ccc(/C=C/C(=O)N(C)C)cc1. The summed E-state index contributed by atoms with van der Waals surface area (Å²) in [4.78, 5) is 24.1. The summed E-state index contributed by atoms with van der Waals surface area (Å²) in [5.74, 6) is -0.190. The molecule has 0 radical (unpaired) electrons. The maximum absolute atomic E-state index is 11.3. The third-order valence-corrected chi connectivity index (χ3v) is 2.26. The van der Waals surface area contributed by atoms with E-state index in [1.54, 1.807) is 51.5 Å². The molecule has 2 amide bonds. The fourth-order valence-corrected chi connectivity index (χ4v) is 1.21. The minimum Gasteiger partial charge on any atom is -0.355 e. The van der Waals surface area contributed by atoms with Crippen LogP contribution in [0.5, 0.6) is 0 Å². The van der Waals surface area contributed by atoms with Crippen LogP contribution in [-0.4, -0.2) is 37.9 Å². The molecule has 0 fully saturated rings. The molecule has 1 rings (SSSR count). The number of rotatable bonds is 3. The van der Waals surface area contributed by atoms with Gasteiger partial charge in [-0.05, 0) is 23.8 Å². The molecule has 0 spiro atoms. The monoisotopic (exact) mass is 232 g/mol. The summed E-state index contributed by atoms with van der Waals surface area (Å²) < 4.78 is 0. The summed E-state index contributed by atoms with van der Waals surface area (Å²) >= 11 is 0. The molecule has 0 saturated carbocycles. The van der Waals surface area contributed by atoms with Gasteiger partial charge in [-0.1, -0.05) is 12.1 Å². The van der Waals surface area contributed by atoms with Crippen LogP contribution in [0.3, 0.4) is 0 Å². The van der Waals surface area contributed by atoms with E-state index in [9.17, 15) is 9.59 Å². The maximum atomic E-state index is 11.3. The van der Waals surface area contributed by atoms with Gasteiger partial charge in [0.1, 0.15) is 0 Å². The van der Waals surface area contributed by atoms with Crippen molar-refractivity contribution in [1.29, 1.82) is 0 Å². The van der Waals surface area contributed by atoms with Gasteiger partial charge in [0.15, 0.2) is 0 Å². The number of benzene rings is 1. The van der Waals surface area contributed by atoms with Gasteiger partial charge in [-0.2, -0.15) is 0 Å². The topological polar surface area (TPSA) is 49.4 Å². The van der Waals surface area contributed by atoms with Crippen molar-refractivity contribution in [2.24, 2.45) is 0 Å². The van der Waals surface area contributed by atoms with Crippen molar-refractivity contribution >= 4 is 17.9 Å². The van der Waals surface area contributed by atoms with E-state index in [2.05, 4.69) is 5.32 Å². The third kappa shape index (κ3) is 3.75.